The number of rotatable bonds is 7. The van der Waals surface area contributed by atoms with Crippen LogP contribution in [0.25, 0.3) is 0 Å². The number of amides is 1. The first kappa shape index (κ1) is 18.6. The van der Waals surface area contributed by atoms with Gasteiger partial charge >= 0.3 is 0 Å². The molecule has 0 N–H and O–H groups in total. The Morgan fingerprint density at radius 3 is 2.28 bits per heavy atom. The molecule has 5 nitrogen and oxygen atoms in total. The number of carbonyl (C=O) groups excluding carboxylic acids is 1. The summed E-state index contributed by atoms with van der Waals surface area (Å²) in [6.07, 6.45) is -0.562. The third-order valence-corrected chi connectivity index (χ3v) is 3.93. The van der Waals surface area contributed by atoms with Gasteiger partial charge in [0.15, 0.2) is 17.6 Å². The predicted octanol–water partition coefficient (Wildman–Crippen LogP) is 3.44. The fourth-order valence-electron chi connectivity index (χ4n) is 2.51. The maximum atomic E-state index is 12.5. The van der Waals surface area contributed by atoms with E-state index in [-0.39, 0.29) is 5.91 Å². The van der Waals surface area contributed by atoms with E-state index in [0.717, 1.165) is 11.1 Å². The fourth-order valence-corrected chi connectivity index (χ4v) is 2.51. The molecular weight excluding hydrogens is 318 g/mol. The lowest BCUT2D eigenvalue weighted by atomic mass is 10.2. The highest BCUT2D eigenvalue weighted by Crippen LogP contribution is 2.28. The van der Waals surface area contributed by atoms with E-state index >= 15 is 0 Å². The zero-order valence-corrected chi connectivity index (χ0v) is 15.4. The Kier molecular flexibility index (Phi) is 6.28. The van der Waals surface area contributed by atoms with Gasteiger partial charge in [0.1, 0.15) is 5.75 Å². The van der Waals surface area contributed by atoms with Gasteiger partial charge in [-0.1, -0.05) is 23.8 Å². The van der Waals surface area contributed by atoms with Gasteiger partial charge in [0, 0.05) is 13.6 Å². The Labute approximate surface area is 149 Å². The van der Waals surface area contributed by atoms with Crippen molar-refractivity contribution in [3.63, 3.8) is 0 Å². The van der Waals surface area contributed by atoms with Crippen LogP contribution in [0.5, 0.6) is 17.2 Å². The quantitative estimate of drug-likeness (QED) is 0.773. The summed E-state index contributed by atoms with van der Waals surface area (Å²) in [4.78, 5) is 14.2. The van der Waals surface area contributed by atoms with Crippen LogP contribution in [-0.2, 0) is 11.3 Å². The van der Waals surface area contributed by atoms with Gasteiger partial charge in [-0.25, -0.2) is 0 Å². The summed E-state index contributed by atoms with van der Waals surface area (Å²) in [7, 11) is 4.94. The smallest absolute Gasteiger partial charge is 0.263 e. The van der Waals surface area contributed by atoms with Crippen molar-refractivity contribution >= 4 is 5.91 Å². The molecule has 0 aliphatic heterocycles. The molecule has 25 heavy (non-hydrogen) atoms. The Balaban J connectivity index is 2.00. The molecule has 5 heteroatoms. The maximum Gasteiger partial charge on any atom is 0.263 e. The molecule has 0 bridgehead atoms. The standard InChI is InChI=1S/C20H25NO4/c1-14-6-9-17(10-7-14)25-15(2)20(22)21(3)13-16-8-11-18(23-4)19(12-16)24-5/h6-12,15H,13H2,1-5H3. The van der Waals surface area contributed by atoms with Crippen molar-refractivity contribution in [2.75, 3.05) is 21.3 Å². The number of ether oxygens (including phenoxy) is 3. The van der Waals surface area contributed by atoms with Crippen LogP contribution < -0.4 is 14.2 Å². The van der Waals surface area contributed by atoms with Gasteiger partial charge in [0.25, 0.3) is 5.91 Å². The molecule has 2 rings (SSSR count). The molecule has 1 unspecified atom stereocenters. The van der Waals surface area contributed by atoms with Gasteiger partial charge in [-0.2, -0.15) is 0 Å². The summed E-state index contributed by atoms with van der Waals surface area (Å²) in [5.41, 5.74) is 2.10. The molecule has 0 saturated heterocycles. The van der Waals surface area contributed by atoms with Crippen LogP contribution >= 0.6 is 0 Å². The molecule has 0 heterocycles. The first-order chi connectivity index (χ1) is 11.9. The number of methoxy groups -OCH3 is 2. The molecule has 1 amide bonds. The van der Waals surface area contributed by atoms with Crippen molar-refractivity contribution in [3.05, 3.63) is 53.6 Å². The molecule has 1 atom stereocenters. The predicted molar refractivity (Wildman–Crippen MR) is 97.3 cm³/mol. The average Bonchev–Trinajstić information content (AvgIpc) is 2.62. The van der Waals surface area contributed by atoms with E-state index in [4.69, 9.17) is 14.2 Å². The molecule has 0 radical (unpaired) electrons. The highest BCUT2D eigenvalue weighted by Gasteiger charge is 2.19. The summed E-state index contributed by atoms with van der Waals surface area (Å²) in [5, 5.41) is 0. The Hall–Kier alpha value is -2.69. The average molecular weight is 343 g/mol. The second-order valence-corrected chi connectivity index (χ2v) is 5.96. The molecule has 0 saturated carbocycles. The van der Waals surface area contributed by atoms with Crippen molar-refractivity contribution in [1.29, 1.82) is 0 Å². The third-order valence-electron chi connectivity index (χ3n) is 3.93. The summed E-state index contributed by atoms with van der Waals surface area (Å²) in [6.45, 7) is 4.23. The normalized spacial score (nSPS) is 11.6. The number of likely N-dealkylation sites (N-methyl/N-ethyl adjacent to an activating group) is 1. The molecular formula is C20H25NO4. The number of nitrogens with zero attached hydrogens (tertiary/aromatic N) is 1. The van der Waals surface area contributed by atoms with Crippen molar-refractivity contribution in [2.24, 2.45) is 0 Å². The van der Waals surface area contributed by atoms with E-state index < -0.39 is 6.10 Å². The highest BCUT2D eigenvalue weighted by molar-refractivity contribution is 5.80. The molecule has 0 fully saturated rings. The van der Waals surface area contributed by atoms with Crippen LogP contribution in [0.2, 0.25) is 0 Å². The molecule has 0 spiro atoms. The van der Waals surface area contributed by atoms with E-state index in [0.29, 0.717) is 23.8 Å². The Morgan fingerprint density at radius 1 is 1.04 bits per heavy atom. The number of aryl methyl sites for hydroxylation is 1. The highest BCUT2D eigenvalue weighted by atomic mass is 16.5. The Morgan fingerprint density at radius 2 is 1.68 bits per heavy atom. The lowest BCUT2D eigenvalue weighted by molar-refractivity contribution is -0.137. The van der Waals surface area contributed by atoms with Gasteiger partial charge in [-0.15, -0.1) is 0 Å². The van der Waals surface area contributed by atoms with Crippen LogP contribution in [0.4, 0.5) is 0 Å². The number of carbonyl (C=O) groups is 1. The van der Waals surface area contributed by atoms with Crippen molar-refractivity contribution < 1.29 is 19.0 Å². The van der Waals surface area contributed by atoms with Crippen molar-refractivity contribution in [3.8, 4) is 17.2 Å². The number of hydrogen-bond donors (Lipinski definition) is 0. The summed E-state index contributed by atoms with van der Waals surface area (Å²) < 4.78 is 16.3. The first-order valence-corrected chi connectivity index (χ1v) is 8.13. The van der Waals surface area contributed by atoms with Gasteiger partial charge in [0.05, 0.1) is 14.2 Å². The van der Waals surface area contributed by atoms with Gasteiger partial charge in [-0.3, -0.25) is 4.79 Å². The van der Waals surface area contributed by atoms with Gasteiger partial charge in [-0.05, 0) is 43.7 Å². The van der Waals surface area contributed by atoms with Crippen LogP contribution in [0.15, 0.2) is 42.5 Å². The van der Waals surface area contributed by atoms with Gasteiger partial charge in [0.2, 0.25) is 0 Å². The molecule has 2 aromatic carbocycles. The molecule has 134 valence electrons. The van der Waals surface area contributed by atoms with E-state index in [2.05, 4.69) is 0 Å². The van der Waals surface area contributed by atoms with Crippen LogP contribution in [0.3, 0.4) is 0 Å². The molecule has 0 aliphatic rings. The monoisotopic (exact) mass is 343 g/mol. The summed E-state index contributed by atoms with van der Waals surface area (Å²) in [6, 6.07) is 13.3. The number of hydrogen-bond acceptors (Lipinski definition) is 4. The summed E-state index contributed by atoms with van der Waals surface area (Å²) >= 11 is 0. The zero-order valence-electron chi connectivity index (χ0n) is 15.4. The lowest BCUT2D eigenvalue weighted by Gasteiger charge is -2.22. The minimum absolute atomic E-state index is 0.0876. The molecule has 2 aromatic rings. The first-order valence-electron chi connectivity index (χ1n) is 8.13. The van der Waals surface area contributed by atoms with Crippen LogP contribution in [0.1, 0.15) is 18.1 Å². The van der Waals surface area contributed by atoms with E-state index in [1.165, 1.54) is 0 Å². The van der Waals surface area contributed by atoms with E-state index in [9.17, 15) is 4.79 Å². The SMILES string of the molecule is COc1ccc(CN(C)C(=O)C(C)Oc2ccc(C)cc2)cc1OC. The second-order valence-electron chi connectivity index (χ2n) is 5.96. The maximum absolute atomic E-state index is 12.5. The van der Waals surface area contributed by atoms with Crippen LogP contribution in [0, 0.1) is 6.92 Å². The minimum Gasteiger partial charge on any atom is -0.493 e. The lowest BCUT2D eigenvalue weighted by Crippen LogP contribution is -2.37. The molecule has 0 aromatic heterocycles. The van der Waals surface area contributed by atoms with E-state index in [1.54, 1.807) is 33.1 Å². The number of benzene rings is 2. The topological polar surface area (TPSA) is 48.0 Å². The van der Waals surface area contributed by atoms with Crippen molar-refractivity contribution in [2.45, 2.75) is 26.5 Å². The van der Waals surface area contributed by atoms with Crippen molar-refractivity contribution in [1.82, 2.24) is 4.90 Å². The Bertz CT molecular complexity index is 712. The van der Waals surface area contributed by atoms with Gasteiger partial charge < -0.3 is 19.1 Å². The minimum atomic E-state index is -0.562. The fraction of sp³-hybridized carbons (Fsp3) is 0.350. The largest absolute Gasteiger partial charge is 0.493 e. The van der Waals surface area contributed by atoms with Crippen LogP contribution in [-0.4, -0.2) is 38.2 Å². The third kappa shape index (κ3) is 4.89. The second kappa shape index (κ2) is 8.42. The molecule has 0 aliphatic carbocycles. The summed E-state index contributed by atoms with van der Waals surface area (Å²) in [5.74, 6) is 1.91. The zero-order chi connectivity index (χ0) is 18.4. The van der Waals surface area contributed by atoms with E-state index in [1.807, 2.05) is 49.4 Å².